The zero-order valence-electron chi connectivity index (χ0n) is 17.2. The van der Waals surface area contributed by atoms with Gasteiger partial charge in [0.25, 0.3) is 0 Å². The molecule has 30 heavy (non-hydrogen) atoms. The van der Waals surface area contributed by atoms with Gasteiger partial charge < -0.3 is 29.0 Å². The number of benzene rings is 1. The van der Waals surface area contributed by atoms with Gasteiger partial charge in [-0.3, -0.25) is 19.2 Å². The number of carbonyl (C=O) groups excluding carboxylic acids is 4. The van der Waals surface area contributed by atoms with Crippen molar-refractivity contribution in [3.8, 4) is 5.75 Å². The van der Waals surface area contributed by atoms with Crippen LogP contribution in [0.15, 0.2) is 30.3 Å². The number of amides is 1. The van der Waals surface area contributed by atoms with Crippen LogP contribution in [0.5, 0.6) is 5.75 Å². The molecule has 1 saturated heterocycles. The minimum Gasteiger partial charge on any atom is -0.463 e. The Balaban J connectivity index is 2.42. The zero-order chi connectivity index (χ0) is 22.3. The molecule has 0 spiro atoms. The third-order valence-electron chi connectivity index (χ3n) is 4.07. The Morgan fingerprint density at radius 3 is 2.03 bits per heavy atom. The minimum atomic E-state index is -1.15. The summed E-state index contributed by atoms with van der Waals surface area (Å²) in [6.07, 6.45) is -4.45. The van der Waals surface area contributed by atoms with E-state index < -0.39 is 54.5 Å². The van der Waals surface area contributed by atoms with Crippen LogP contribution in [-0.2, 0) is 38.1 Å². The molecule has 1 heterocycles. The molecule has 0 radical (unpaired) electrons. The van der Waals surface area contributed by atoms with E-state index >= 15 is 0 Å². The van der Waals surface area contributed by atoms with Crippen LogP contribution in [-0.4, -0.2) is 61.1 Å². The summed E-state index contributed by atoms with van der Waals surface area (Å²) in [7, 11) is 0. The molecule has 0 unspecified atom stereocenters. The molecule has 0 bridgehead atoms. The maximum Gasteiger partial charge on any atom is 0.303 e. The first-order valence-corrected chi connectivity index (χ1v) is 9.29. The molecule has 1 aromatic rings. The summed E-state index contributed by atoms with van der Waals surface area (Å²) in [5, 5.41) is 2.63. The van der Waals surface area contributed by atoms with Gasteiger partial charge in [0.15, 0.2) is 12.2 Å². The normalized spacial score (nSPS) is 25.5. The first-order valence-electron chi connectivity index (χ1n) is 9.29. The fourth-order valence-corrected chi connectivity index (χ4v) is 3.02. The maximum atomic E-state index is 11.8. The number of rotatable bonds is 7. The van der Waals surface area contributed by atoms with Crippen LogP contribution in [0, 0.1) is 0 Å². The molecule has 0 saturated carbocycles. The first-order chi connectivity index (χ1) is 14.2. The predicted molar refractivity (Wildman–Crippen MR) is 101 cm³/mol. The van der Waals surface area contributed by atoms with E-state index in [0.29, 0.717) is 5.75 Å². The van der Waals surface area contributed by atoms with Crippen LogP contribution in [0.1, 0.15) is 27.7 Å². The van der Waals surface area contributed by atoms with Gasteiger partial charge in [-0.1, -0.05) is 18.2 Å². The van der Waals surface area contributed by atoms with E-state index in [1.54, 1.807) is 30.3 Å². The smallest absolute Gasteiger partial charge is 0.303 e. The molecule has 0 aliphatic carbocycles. The highest BCUT2D eigenvalue weighted by molar-refractivity contribution is 5.73. The molecule has 1 aromatic carbocycles. The Bertz CT molecular complexity index is 767. The van der Waals surface area contributed by atoms with Gasteiger partial charge in [0, 0.05) is 27.7 Å². The molecule has 1 amide bonds. The molecule has 1 fully saturated rings. The van der Waals surface area contributed by atoms with Crippen LogP contribution in [0.2, 0.25) is 0 Å². The van der Waals surface area contributed by atoms with E-state index in [0.717, 1.165) is 0 Å². The van der Waals surface area contributed by atoms with Gasteiger partial charge in [0.2, 0.25) is 12.2 Å². The lowest BCUT2D eigenvalue weighted by atomic mass is 9.96. The van der Waals surface area contributed by atoms with E-state index in [4.69, 9.17) is 23.7 Å². The van der Waals surface area contributed by atoms with Crippen molar-refractivity contribution in [2.75, 3.05) is 6.61 Å². The van der Waals surface area contributed by atoms with Gasteiger partial charge in [-0.25, -0.2) is 0 Å². The van der Waals surface area contributed by atoms with E-state index in [2.05, 4.69) is 5.32 Å². The fraction of sp³-hybridized carbons (Fsp3) is 0.500. The quantitative estimate of drug-likeness (QED) is 0.498. The maximum absolute atomic E-state index is 11.8. The van der Waals surface area contributed by atoms with E-state index in [-0.39, 0.29) is 6.61 Å². The Morgan fingerprint density at radius 2 is 1.50 bits per heavy atom. The van der Waals surface area contributed by atoms with Crippen molar-refractivity contribution in [2.45, 2.75) is 58.3 Å². The summed E-state index contributed by atoms with van der Waals surface area (Å²) >= 11 is 0. The largest absolute Gasteiger partial charge is 0.463 e. The number of ether oxygens (including phenoxy) is 5. The third-order valence-corrected chi connectivity index (χ3v) is 4.07. The molecule has 10 heteroatoms. The average Bonchev–Trinajstić information content (AvgIpc) is 2.64. The van der Waals surface area contributed by atoms with Crippen LogP contribution in [0.4, 0.5) is 0 Å². The molecular formula is C20H25NO9. The molecule has 10 nitrogen and oxygen atoms in total. The standard InChI is InChI=1S/C20H25NO9/c1-11(22)21-17-19(28-14(4)25)18(27-13(3)24)16(10-26-12(2)23)30-20(17)29-15-8-6-5-7-9-15/h5-9,16-20H,10H2,1-4H3,(H,21,22)/t16-,17-,18-,19-,20-/m1/s1. The fourth-order valence-electron chi connectivity index (χ4n) is 3.02. The molecule has 164 valence electrons. The van der Waals surface area contributed by atoms with Gasteiger partial charge >= 0.3 is 17.9 Å². The van der Waals surface area contributed by atoms with Crippen molar-refractivity contribution in [2.24, 2.45) is 0 Å². The number of nitrogens with one attached hydrogen (secondary N) is 1. The number of carbonyl (C=O) groups is 4. The minimum absolute atomic E-state index is 0.285. The molecule has 5 atom stereocenters. The highest BCUT2D eigenvalue weighted by Gasteiger charge is 2.51. The topological polar surface area (TPSA) is 126 Å². The van der Waals surface area contributed by atoms with E-state index in [9.17, 15) is 19.2 Å². The summed E-state index contributed by atoms with van der Waals surface area (Å²) in [4.78, 5) is 46.6. The van der Waals surface area contributed by atoms with E-state index in [1.165, 1.54) is 27.7 Å². The second kappa shape index (κ2) is 10.6. The van der Waals surface area contributed by atoms with Crippen molar-refractivity contribution in [1.82, 2.24) is 5.32 Å². The summed E-state index contributed by atoms with van der Waals surface area (Å²) in [5.74, 6) is -1.93. The lowest BCUT2D eigenvalue weighted by Gasteiger charge is -2.44. The highest BCUT2D eigenvalue weighted by Crippen LogP contribution is 2.29. The van der Waals surface area contributed by atoms with Gasteiger partial charge in [-0.2, -0.15) is 0 Å². The SMILES string of the molecule is CC(=O)N[C@H]1[C@H](Oc2ccccc2)O[C@H](COC(C)=O)[C@@H](OC(C)=O)[C@@H]1OC(C)=O. The van der Waals surface area contributed by atoms with Gasteiger partial charge in [-0.15, -0.1) is 0 Å². The van der Waals surface area contributed by atoms with Crippen molar-refractivity contribution < 1.29 is 42.9 Å². The third kappa shape index (κ3) is 6.73. The van der Waals surface area contributed by atoms with Gasteiger partial charge in [-0.05, 0) is 12.1 Å². The first kappa shape index (κ1) is 23.1. The average molecular weight is 423 g/mol. The number of para-hydroxylation sites is 1. The van der Waals surface area contributed by atoms with Crippen molar-refractivity contribution >= 4 is 23.8 Å². The molecule has 2 rings (SSSR count). The summed E-state index contributed by atoms with van der Waals surface area (Å²) in [6.45, 7) is 4.56. The lowest BCUT2D eigenvalue weighted by Crippen LogP contribution is -2.67. The van der Waals surface area contributed by atoms with E-state index in [1.807, 2.05) is 0 Å². The Kier molecular flexibility index (Phi) is 8.16. The summed E-state index contributed by atoms with van der Waals surface area (Å²) < 4.78 is 27.5. The highest BCUT2D eigenvalue weighted by atomic mass is 16.7. The molecule has 0 aromatic heterocycles. The Morgan fingerprint density at radius 1 is 0.900 bits per heavy atom. The van der Waals surface area contributed by atoms with Crippen molar-refractivity contribution in [3.05, 3.63) is 30.3 Å². The summed E-state index contributed by atoms with van der Waals surface area (Å²) in [5.41, 5.74) is 0. The van der Waals surface area contributed by atoms with Crippen LogP contribution >= 0.6 is 0 Å². The van der Waals surface area contributed by atoms with Crippen molar-refractivity contribution in [1.29, 1.82) is 0 Å². The molecular weight excluding hydrogens is 398 g/mol. The zero-order valence-corrected chi connectivity index (χ0v) is 17.2. The monoisotopic (exact) mass is 423 g/mol. The second-order valence-electron chi connectivity index (χ2n) is 6.65. The van der Waals surface area contributed by atoms with Crippen LogP contribution in [0.3, 0.4) is 0 Å². The molecule has 1 aliphatic heterocycles. The van der Waals surface area contributed by atoms with Gasteiger partial charge in [0.05, 0.1) is 0 Å². The predicted octanol–water partition coefficient (Wildman–Crippen LogP) is 0.721. The summed E-state index contributed by atoms with van der Waals surface area (Å²) in [6, 6.07) is 7.62. The molecule has 1 N–H and O–H groups in total. The van der Waals surface area contributed by atoms with Crippen molar-refractivity contribution in [3.63, 3.8) is 0 Å². The van der Waals surface area contributed by atoms with Crippen LogP contribution in [0.25, 0.3) is 0 Å². The van der Waals surface area contributed by atoms with Gasteiger partial charge in [0.1, 0.15) is 24.5 Å². The second-order valence-corrected chi connectivity index (χ2v) is 6.65. The lowest BCUT2D eigenvalue weighted by molar-refractivity contribution is -0.257. The van der Waals surface area contributed by atoms with Crippen LogP contribution < -0.4 is 10.1 Å². The number of hydrogen-bond donors (Lipinski definition) is 1. The number of esters is 3. The number of hydrogen-bond acceptors (Lipinski definition) is 9. The molecule has 1 aliphatic rings. The Labute approximate surface area is 173 Å². The Hall–Kier alpha value is -3.14.